The van der Waals surface area contributed by atoms with Gasteiger partial charge in [0.2, 0.25) is 5.91 Å². The van der Waals surface area contributed by atoms with E-state index in [0.717, 1.165) is 11.3 Å². The van der Waals surface area contributed by atoms with Crippen molar-refractivity contribution in [2.75, 3.05) is 18.0 Å². The molecular weight excluding hydrogens is 383 g/mol. The molecule has 0 fully saturated rings. The van der Waals surface area contributed by atoms with E-state index in [1.165, 1.54) is 13.0 Å². The van der Waals surface area contributed by atoms with Gasteiger partial charge in [-0.15, -0.1) is 0 Å². The number of nitrogens with one attached hydrogen (secondary N) is 1. The molecule has 0 spiro atoms. The quantitative estimate of drug-likeness (QED) is 0.789. The van der Waals surface area contributed by atoms with E-state index in [1.807, 2.05) is 6.92 Å². The SMILES string of the molecule is CC(=O)N(CCNC(=O)c1ccc(Cl)c(Cl)c1)c1ccc(Cl)cc1C. The van der Waals surface area contributed by atoms with Crippen LogP contribution in [0.25, 0.3) is 0 Å². The third-order valence-electron chi connectivity index (χ3n) is 3.63. The lowest BCUT2D eigenvalue weighted by Gasteiger charge is -2.23. The summed E-state index contributed by atoms with van der Waals surface area (Å²) in [6.07, 6.45) is 0. The Bertz CT molecular complexity index is 809. The summed E-state index contributed by atoms with van der Waals surface area (Å²) in [6, 6.07) is 9.98. The number of aryl methyl sites for hydroxylation is 1. The summed E-state index contributed by atoms with van der Waals surface area (Å²) >= 11 is 17.7. The van der Waals surface area contributed by atoms with Gasteiger partial charge in [-0.1, -0.05) is 34.8 Å². The summed E-state index contributed by atoms with van der Waals surface area (Å²) < 4.78 is 0. The van der Waals surface area contributed by atoms with Crippen molar-refractivity contribution in [3.05, 3.63) is 62.6 Å². The summed E-state index contributed by atoms with van der Waals surface area (Å²) in [4.78, 5) is 25.7. The predicted molar refractivity (Wildman–Crippen MR) is 103 cm³/mol. The lowest BCUT2D eigenvalue weighted by atomic mass is 10.1. The van der Waals surface area contributed by atoms with Crippen LogP contribution in [0.3, 0.4) is 0 Å². The van der Waals surface area contributed by atoms with Crippen molar-refractivity contribution in [1.29, 1.82) is 0 Å². The molecule has 2 rings (SSSR count). The number of rotatable bonds is 5. The van der Waals surface area contributed by atoms with Crippen molar-refractivity contribution >= 4 is 52.3 Å². The standard InChI is InChI=1S/C18H17Cl3N2O2/c1-11-9-14(19)4-6-17(11)23(12(2)24)8-7-22-18(25)13-3-5-15(20)16(21)10-13/h3-6,9-10H,7-8H2,1-2H3,(H,22,25). The molecule has 0 bridgehead atoms. The Labute approximate surface area is 161 Å². The van der Waals surface area contributed by atoms with Gasteiger partial charge in [-0.2, -0.15) is 0 Å². The molecule has 0 atom stereocenters. The van der Waals surface area contributed by atoms with Gasteiger partial charge < -0.3 is 10.2 Å². The smallest absolute Gasteiger partial charge is 0.251 e. The third-order valence-corrected chi connectivity index (χ3v) is 4.61. The molecule has 0 unspecified atom stereocenters. The zero-order valence-corrected chi connectivity index (χ0v) is 16.0. The Balaban J connectivity index is 2.03. The van der Waals surface area contributed by atoms with E-state index < -0.39 is 0 Å². The predicted octanol–water partition coefficient (Wildman–Crippen LogP) is 4.74. The van der Waals surface area contributed by atoms with Crippen LogP contribution in [0, 0.1) is 6.92 Å². The second-order valence-corrected chi connectivity index (χ2v) is 6.74. The second-order valence-electron chi connectivity index (χ2n) is 5.49. The normalized spacial score (nSPS) is 10.4. The van der Waals surface area contributed by atoms with Gasteiger partial charge in [0.15, 0.2) is 0 Å². The van der Waals surface area contributed by atoms with Crippen LogP contribution >= 0.6 is 34.8 Å². The topological polar surface area (TPSA) is 49.4 Å². The van der Waals surface area contributed by atoms with Crippen molar-refractivity contribution in [3.8, 4) is 0 Å². The molecule has 0 heterocycles. The summed E-state index contributed by atoms with van der Waals surface area (Å²) in [6.45, 7) is 3.99. The van der Waals surface area contributed by atoms with E-state index in [0.29, 0.717) is 33.7 Å². The van der Waals surface area contributed by atoms with E-state index in [4.69, 9.17) is 34.8 Å². The Morgan fingerprint density at radius 2 is 1.76 bits per heavy atom. The maximum atomic E-state index is 12.2. The highest BCUT2D eigenvalue weighted by Crippen LogP contribution is 2.24. The van der Waals surface area contributed by atoms with E-state index in [1.54, 1.807) is 35.2 Å². The van der Waals surface area contributed by atoms with Crippen LogP contribution in [0.4, 0.5) is 5.69 Å². The molecular formula is C18H17Cl3N2O2. The van der Waals surface area contributed by atoms with E-state index >= 15 is 0 Å². The van der Waals surface area contributed by atoms with Crippen LogP contribution in [0.15, 0.2) is 36.4 Å². The second kappa shape index (κ2) is 8.56. The first-order valence-corrected chi connectivity index (χ1v) is 8.70. The van der Waals surface area contributed by atoms with Gasteiger partial charge in [0.05, 0.1) is 10.0 Å². The highest BCUT2D eigenvalue weighted by molar-refractivity contribution is 6.42. The van der Waals surface area contributed by atoms with Gasteiger partial charge >= 0.3 is 0 Å². The van der Waals surface area contributed by atoms with Gasteiger partial charge in [-0.05, 0) is 48.9 Å². The molecule has 0 saturated heterocycles. The van der Waals surface area contributed by atoms with E-state index in [-0.39, 0.29) is 11.8 Å². The molecule has 0 aliphatic carbocycles. The number of hydrogen-bond donors (Lipinski definition) is 1. The molecule has 2 amide bonds. The fraction of sp³-hybridized carbons (Fsp3) is 0.222. The van der Waals surface area contributed by atoms with Crippen molar-refractivity contribution < 1.29 is 9.59 Å². The van der Waals surface area contributed by atoms with Crippen LogP contribution in [-0.2, 0) is 4.79 Å². The fourth-order valence-corrected chi connectivity index (χ4v) is 2.91. The number of nitrogens with zero attached hydrogens (tertiary/aromatic N) is 1. The van der Waals surface area contributed by atoms with Gasteiger partial charge in [-0.25, -0.2) is 0 Å². The molecule has 2 aromatic rings. The van der Waals surface area contributed by atoms with Gasteiger partial charge in [0.25, 0.3) is 5.91 Å². The Morgan fingerprint density at radius 3 is 2.36 bits per heavy atom. The zero-order chi connectivity index (χ0) is 18.6. The lowest BCUT2D eigenvalue weighted by Crippen LogP contribution is -2.37. The maximum absolute atomic E-state index is 12.2. The molecule has 25 heavy (non-hydrogen) atoms. The number of benzene rings is 2. The van der Waals surface area contributed by atoms with Gasteiger partial charge in [0.1, 0.15) is 0 Å². The number of hydrogen-bond acceptors (Lipinski definition) is 2. The summed E-state index contributed by atoms with van der Waals surface area (Å²) in [7, 11) is 0. The maximum Gasteiger partial charge on any atom is 0.251 e. The Kier molecular flexibility index (Phi) is 6.71. The molecule has 0 aromatic heterocycles. The van der Waals surface area contributed by atoms with Crippen molar-refractivity contribution in [1.82, 2.24) is 5.32 Å². The molecule has 0 aliphatic rings. The first-order valence-electron chi connectivity index (χ1n) is 7.57. The average molecular weight is 400 g/mol. The average Bonchev–Trinajstić information content (AvgIpc) is 2.54. The minimum Gasteiger partial charge on any atom is -0.350 e. The highest BCUT2D eigenvalue weighted by atomic mass is 35.5. The monoisotopic (exact) mass is 398 g/mol. The number of amides is 2. The van der Waals surface area contributed by atoms with E-state index in [9.17, 15) is 9.59 Å². The molecule has 7 heteroatoms. The third kappa shape index (κ3) is 5.11. The number of anilines is 1. The molecule has 1 N–H and O–H groups in total. The minimum absolute atomic E-state index is 0.116. The first-order chi connectivity index (χ1) is 11.8. The molecule has 0 saturated carbocycles. The molecule has 0 radical (unpaired) electrons. The number of halogens is 3. The van der Waals surface area contributed by atoms with Crippen LogP contribution < -0.4 is 10.2 Å². The summed E-state index contributed by atoms with van der Waals surface area (Å²) in [5.41, 5.74) is 2.06. The molecule has 0 aliphatic heterocycles. The number of carbonyl (C=O) groups excluding carboxylic acids is 2. The molecule has 2 aromatic carbocycles. The van der Waals surface area contributed by atoms with Crippen molar-refractivity contribution in [2.24, 2.45) is 0 Å². The van der Waals surface area contributed by atoms with Crippen LogP contribution in [0.5, 0.6) is 0 Å². The first kappa shape index (κ1) is 19.6. The zero-order valence-electron chi connectivity index (χ0n) is 13.8. The summed E-state index contributed by atoms with van der Waals surface area (Å²) in [5, 5.41) is 4.08. The van der Waals surface area contributed by atoms with Crippen molar-refractivity contribution in [3.63, 3.8) is 0 Å². The Hall–Kier alpha value is -1.75. The molecule has 132 valence electrons. The van der Waals surface area contributed by atoms with Gasteiger partial charge in [0, 0.05) is 36.3 Å². The Morgan fingerprint density at radius 1 is 1.04 bits per heavy atom. The number of carbonyl (C=O) groups is 2. The lowest BCUT2D eigenvalue weighted by molar-refractivity contribution is -0.116. The van der Waals surface area contributed by atoms with Crippen LogP contribution in [-0.4, -0.2) is 24.9 Å². The fourth-order valence-electron chi connectivity index (χ4n) is 2.39. The summed E-state index contributed by atoms with van der Waals surface area (Å²) in [5.74, 6) is -0.399. The van der Waals surface area contributed by atoms with Crippen LogP contribution in [0.2, 0.25) is 15.1 Å². The van der Waals surface area contributed by atoms with Crippen LogP contribution in [0.1, 0.15) is 22.8 Å². The van der Waals surface area contributed by atoms with Crippen molar-refractivity contribution in [2.45, 2.75) is 13.8 Å². The largest absolute Gasteiger partial charge is 0.350 e. The van der Waals surface area contributed by atoms with E-state index in [2.05, 4.69) is 5.32 Å². The van der Waals surface area contributed by atoms with Gasteiger partial charge in [-0.3, -0.25) is 9.59 Å². The minimum atomic E-state index is -0.283. The molecule has 4 nitrogen and oxygen atoms in total. The highest BCUT2D eigenvalue weighted by Gasteiger charge is 2.15.